The number of rotatable bonds is 4. The summed E-state index contributed by atoms with van der Waals surface area (Å²) in [5.74, 6) is -1.21. The number of aromatic nitrogens is 2. The van der Waals surface area contributed by atoms with Crippen molar-refractivity contribution >= 4 is 10.0 Å². The lowest BCUT2D eigenvalue weighted by molar-refractivity contribution is -0.137. The molecule has 3 aromatic rings. The van der Waals surface area contributed by atoms with Crippen molar-refractivity contribution in [3.63, 3.8) is 0 Å². The molecule has 1 aromatic heterocycles. The lowest BCUT2D eigenvalue weighted by Gasteiger charge is -2.38. The molecule has 192 valence electrons. The molecule has 0 unspecified atom stereocenters. The molecule has 2 aromatic carbocycles. The van der Waals surface area contributed by atoms with E-state index in [4.69, 9.17) is 10.5 Å². The van der Waals surface area contributed by atoms with E-state index in [1.54, 1.807) is 0 Å². The van der Waals surface area contributed by atoms with E-state index in [9.17, 15) is 30.4 Å². The molecule has 1 saturated heterocycles. The Bertz CT molecular complexity index is 1390. The predicted octanol–water partition coefficient (Wildman–Crippen LogP) is 3.59. The molecule has 1 fully saturated rings. The van der Waals surface area contributed by atoms with E-state index in [1.165, 1.54) is 6.20 Å². The third kappa shape index (κ3) is 4.40. The lowest BCUT2D eigenvalue weighted by Crippen LogP contribution is -2.47. The molecule has 0 amide bonds. The maximum Gasteiger partial charge on any atom is 0.416 e. The van der Waals surface area contributed by atoms with Crippen molar-refractivity contribution in [1.29, 1.82) is 0 Å². The Morgan fingerprint density at radius 1 is 1.06 bits per heavy atom. The van der Waals surface area contributed by atoms with Crippen LogP contribution in [0.3, 0.4) is 0 Å². The number of alkyl halides is 3. The zero-order chi connectivity index (χ0) is 25.8. The minimum atomic E-state index is -4.59. The predicted molar refractivity (Wildman–Crippen MR) is 117 cm³/mol. The van der Waals surface area contributed by atoms with E-state index in [1.807, 2.05) is 4.90 Å². The molecule has 36 heavy (non-hydrogen) atoms. The van der Waals surface area contributed by atoms with E-state index in [2.05, 4.69) is 5.10 Å². The van der Waals surface area contributed by atoms with Gasteiger partial charge in [0.1, 0.15) is 17.7 Å². The highest BCUT2D eigenvalue weighted by atomic mass is 32.2. The highest BCUT2D eigenvalue weighted by molar-refractivity contribution is 7.89. The zero-order valence-corrected chi connectivity index (χ0v) is 19.4. The summed E-state index contributed by atoms with van der Waals surface area (Å²) in [5, 5.41) is 3.97. The number of nitrogens with two attached hydrogens (primary N) is 1. The van der Waals surface area contributed by atoms with Gasteiger partial charge in [0.2, 0.25) is 0 Å². The van der Waals surface area contributed by atoms with E-state index in [0.717, 1.165) is 34.4 Å². The van der Waals surface area contributed by atoms with Crippen molar-refractivity contribution in [2.75, 3.05) is 6.61 Å². The van der Waals surface area contributed by atoms with Crippen molar-refractivity contribution in [3.8, 4) is 0 Å². The van der Waals surface area contributed by atoms with Gasteiger partial charge in [-0.25, -0.2) is 8.78 Å². The first-order valence-electron chi connectivity index (χ1n) is 11.0. The Labute approximate surface area is 203 Å². The summed E-state index contributed by atoms with van der Waals surface area (Å²) < 4.78 is 99.2. The molecule has 7 nitrogen and oxygen atoms in total. The molecule has 3 atom stereocenters. The molecule has 2 N–H and O–H groups in total. The van der Waals surface area contributed by atoms with Gasteiger partial charge in [0.25, 0.3) is 10.0 Å². The number of halogens is 5. The second-order valence-electron chi connectivity index (χ2n) is 8.86. The van der Waals surface area contributed by atoms with Crippen LogP contribution < -0.4 is 5.73 Å². The molecule has 5 rings (SSSR count). The maximum atomic E-state index is 14.2. The van der Waals surface area contributed by atoms with Crippen LogP contribution in [0.15, 0.2) is 53.6 Å². The van der Waals surface area contributed by atoms with Gasteiger partial charge in [0.05, 0.1) is 29.0 Å². The number of fused-ring (bicyclic) bond motifs is 1. The van der Waals surface area contributed by atoms with Gasteiger partial charge in [-0.15, -0.1) is 0 Å². The van der Waals surface area contributed by atoms with Gasteiger partial charge < -0.3 is 10.5 Å². The second kappa shape index (κ2) is 8.91. The Balaban J connectivity index is 1.31. The number of ether oxygens (including phenoxy) is 1. The second-order valence-corrected chi connectivity index (χ2v) is 10.6. The first-order valence-corrected chi connectivity index (χ1v) is 12.4. The third-order valence-corrected chi connectivity index (χ3v) is 8.17. The standard InChI is InChI=1S/C23H21F5N4O3S/c24-15-3-6-19(25)18(7-15)22-20(29)8-16(12-35-22)31-10-13-9-30-32(21(13)11-31)36(33,34)17-4-1-14(2-5-17)23(26,27)28/h1-7,9,16,20,22H,8,10-12,29H2/t16-,20+,22-/m1/s1. The maximum absolute atomic E-state index is 14.2. The summed E-state index contributed by atoms with van der Waals surface area (Å²) in [4.78, 5) is 1.63. The number of nitrogens with zero attached hydrogens (tertiary/aromatic N) is 3. The molecule has 13 heteroatoms. The van der Waals surface area contributed by atoms with Crippen LogP contribution in [0, 0.1) is 11.6 Å². The molecule has 2 aliphatic rings. The number of hydrogen-bond acceptors (Lipinski definition) is 6. The van der Waals surface area contributed by atoms with Crippen LogP contribution in [0.5, 0.6) is 0 Å². The normalized spacial score (nSPS) is 23.1. The van der Waals surface area contributed by atoms with Crippen LogP contribution in [0.4, 0.5) is 22.0 Å². The summed E-state index contributed by atoms with van der Waals surface area (Å²) in [6.07, 6.45) is -3.61. The number of benzene rings is 2. The van der Waals surface area contributed by atoms with Crippen LogP contribution in [0.2, 0.25) is 0 Å². The fourth-order valence-electron chi connectivity index (χ4n) is 4.68. The highest BCUT2D eigenvalue weighted by Gasteiger charge is 2.39. The average Bonchev–Trinajstić information content (AvgIpc) is 3.41. The zero-order valence-electron chi connectivity index (χ0n) is 18.6. The summed E-state index contributed by atoms with van der Waals surface area (Å²) in [5.41, 5.74) is 6.38. The first-order chi connectivity index (χ1) is 16.9. The molecule has 3 heterocycles. The Morgan fingerprint density at radius 3 is 2.44 bits per heavy atom. The van der Waals surface area contributed by atoms with Gasteiger partial charge in [0, 0.05) is 36.3 Å². The van der Waals surface area contributed by atoms with E-state index in [0.29, 0.717) is 36.4 Å². The summed E-state index contributed by atoms with van der Waals surface area (Å²) in [6.45, 7) is 0.713. The van der Waals surface area contributed by atoms with Crippen molar-refractivity contribution < 1.29 is 35.1 Å². The molecule has 0 aliphatic carbocycles. The van der Waals surface area contributed by atoms with Gasteiger partial charge in [0.15, 0.2) is 0 Å². The van der Waals surface area contributed by atoms with Gasteiger partial charge in [-0.1, -0.05) is 0 Å². The monoisotopic (exact) mass is 528 g/mol. The molecule has 0 saturated carbocycles. The lowest BCUT2D eigenvalue weighted by atomic mass is 9.93. The van der Waals surface area contributed by atoms with Crippen molar-refractivity contribution in [1.82, 2.24) is 14.1 Å². The minimum Gasteiger partial charge on any atom is -0.370 e. The SMILES string of the molecule is N[C@H]1C[C@@H](N2Cc3cnn(S(=O)(=O)c4ccc(C(F)(F)F)cc4)c3C2)CO[C@@H]1c1cc(F)ccc1F. The molecule has 0 bridgehead atoms. The summed E-state index contributed by atoms with van der Waals surface area (Å²) >= 11 is 0. The van der Waals surface area contributed by atoms with Gasteiger partial charge >= 0.3 is 6.18 Å². The van der Waals surface area contributed by atoms with Crippen LogP contribution >= 0.6 is 0 Å². The summed E-state index contributed by atoms with van der Waals surface area (Å²) in [7, 11) is -4.22. The van der Waals surface area contributed by atoms with Crippen molar-refractivity contribution in [2.45, 2.75) is 48.8 Å². The van der Waals surface area contributed by atoms with E-state index < -0.39 is 45.5 Å². The van der Waals surface area contributed by atoms with Crippen LogP contribution in [-0.2, 0) is 34.0 Å². The molecule has 2 aliphatic heterocycles. The first kappa shape index (κ1) is 24.8. The highest BCUT2D eigenvalue weighted by Crippen LogP contribution is 2.35. The Morgan fingerprint density at radius 2 is 1.78 bits per heavy atom. The fourth-order valence-corrected chi connectivity index (χ4v) is 6.00. The van der Waals surface area contributed by atoms with Gasteiger partial charge in [-0.2, -0.15) is 30.8 Å². The van der Waals surface area contributed by atoms with E-state index >= 15 is 0 Å². The van der Waals surface area contributed by atoms with Crippen LogP contribution in [0.25, 0.3) is 0 Å². The van der Waals surface area contributed by atoms with Crippen LogP contribution in [-0.4, -0.2) is 41.2 Å². The Kier molecular flexibility index (Phi) is 6.14. The van der Waals surface area contributed by atoms with E-state index in [-0.39, 0.29) is 29.7 Å². The summed E-state index contributed by atoms with van der Waals surface area (Å²) in [6, 6.07) is 5.47. The minimum absolute atomic E-state index is 0.0453. The topological polar surface area (TPSA) is 90.5 Å². The third-order valence-electron chi connectivity index (χ3n) is 6.54. The van der Waals surface area contributed by atoms with Crippen LogP contribution in [0.1, 0.15) is 34.9 Å². The molecular weight excluding hydrogens is 507 g/mol. The van der Waals surface area contributed by atoms with Gasteiger partial charge in [-0.05, 0) is 48.9 Å². The number of hydrogen-bond donors (Lipinski definition) is 1. The Hall–Kier alpha value is -2.87. The average molecular weight is 529 g/mol. The largest absolute Gasteiger partial charge is 0.416 e. The molecule has 0 spiro atoms. The fraction of sp³-hybridized carbons (Fsp3) is 0.348. The smallest absolute Gasteiger partial charge is 0.370 e. The van der Waals surface area contributed by atoms with Crippen molar-refractivity contribution in [3.05, 3.63) is 82.7 Å². The molecular formula is C23H21F5N4O3S. The quantitative estimate of drug-likeness (QED) is 0.521. The van der Waals surface area contributed by atoms with Gasteiger partial charge in [-0.3, -0.25) is 4.90 Å². The van der Waals surface area contributed by atoms with Crippen molar-refractivity contribution in [2.24, 2.45) is 5.73 Å². The molecule has 0 radical (unpaired) electrons.